The van der Waals surface area contributed by atoms with E-state index in [2.05, 4.69) is 20.8 Å². The standard InChI is InChI=1S/C16H31NO/c1-14(2)7-9-16(12-17,10-8-14)15(3,18)11-13-5-4-6-13/h13,18H,4-12,17H2,1-3H3. The highest BCUT2D eigenvalue weighted by atomic mass is 16.3. The molecule has 2 heteroatoms. The zero-order valence-electron chi connectivity index (χ0n) is 12.5. The molecule has 2 rings (SSSR count). The molecule has 0 aliphatic heterocycles. The second kappa shape index (κ2) is 4.79. The summed E-state index contributed by atoms with van der Waals surface area (Å²) in [7, 11) is 0. The van der Waals surface area contributed by atoms with Gasteiger partial charge in [-0.25, -0.2) is 0 Å². The minimum absolute atomic E-state index is 0.0297. The van der Waals surface area contributed by atoms with Crippen LogP contribution in [0.4, 0.5) is 0 Å². The number of hydrogen-bond donors (Lipinski definition) is 2. The molecule has 0 aromatic rings. The highest BCUT2D eigenvalue weighted by Gasteiger charge is 2.50. The van der Waals surface area contributed by atoms with Crippen molar-refractivity contribution in [3.05, 3.63) is 0 Å². The van der Waals surface area contributed by atoms with E-state index in [-0.39, 0.29) is 5.41 Å². The SMILES string of the molecule is CC1(C)CCC(CN)(C(C)(O)CC2CCC2)CC1. The van der Waals surface area contributed by atoms with Crippen molar-refractivity contribution in [2.75, 3.05) is 6.54 Å². The van der Waals surface area contributed by atoms with Crippen LogP contribution in [0.5, 0.6) is 0 Å². The number of rotatable bonds is 4. The first-order valence-electron chi connectivity index (χ1n) is 7.73. The summed E-state index contributed by atoms with van der Waals surface area (Å²) >= 11 is 0. The fourth-order valence-electron chi connectivity index (χ4n) is 3.84. The molecule has 3 N–H and O–H groups in total. The van der Waals surface area contributed by atoms with E-state index in [0.29, 0.717) is 12.0 Å². The molecule has 106 valence electrons. The lowest BCUT2D eigenvalue weighted by atomic mass is 9.56. The summed E-state index contributed by atoms with van der Waals surface area (Å²) < 4.78 is 0. The molecule has 2 aliphatic rings. The van der Waals surface area contributed by atoms with Crippen LogP contribution < -0.4 is 5.73 Å². The number of nitrogens with two attached hydrogens (primary N) is 1. The van der Waals surface area contributed by atoms with E-state index in [1.165, 1.54) is 32.1 Å². The van der Waals surface area contributed by atoms with Crippen LogP contribution >= 0.6 is 0 Å². The number of aliphatic hydroxyl groups is 1. The van der Waals surface area contributed by atoms with Crippen molar-refractivity contribution in [2.24, 2.45) is 22.5 Å². The van der Waals surface area contributed by atoms with E-state index in [1.54, 1.807) is 0 Å². The second-order valence-electron chi connectivity index (χ2n) is 7.92. The van der Waals surface area contributed by atoms with Gasteiger partial charge in [-0.2, -0.15) is 0 Å². The van der Waals surface area contributed by atoms with Gasteiger partial charge in [0.15, 0.2) is 0 Å². The summed E-state index contributed by atoms with van der Waals surface area (Å²) in [6, 6.07) is 0. The van der Waals surface area contributed by atoms with Gasteiger partial charge in [0, 0.05) is 12.0 Å². The molecule has 2 fully saturated rings. The molecule has 0 bridgehead atoms. The molecule has 1 unspecified atom stereocenters. The smallest absolute Gasteiger partial charge is 0.0690 e. The molecule has 18 heavy (non-hydrogen) atoms. The van der Waals surface area contributed by atoms with Crippen LogP contribution in [0.2, 0.25) is 0 Å². The molecule has 1 atom stereocenters. The average Bonchev–Trinajstić information content (AvgIpc) is 2.24. The predicted octanol–water partition coefficient (Wildman–Crippen LogP) is 3.47. The van der Waals surface area contributed by atoms with Crippen molar-refractivity contribution < 1.29 is 5.11 Å². The van der Waals surface area contributed by atoms with Gasteiger partial charge in [0.25, 0.3) is 0 Å². The molecule has 2 nitrogen and oxygen atoms in total. The predicted molar refractivity (Wildman–Crippen MR) is 76.3 cm³/mol. The van der Waals surface area contributed by atoms with Crippen LogP contribution in [-0.2, 0) is 0 Å². The van der Waals surface area contributed by atoms with E-state index >= 15 is 0 Å². The summed E-state index contributed by atoms with van der Waals surface area (Å²) in [6.45, 7) is 7.38. The fraction of sp³-hybridized carbons (Fsp3) is 1.00. The summed E-state index contributed by atoms with van der Waals surface area (Å²) in [6.07, 6.45) is 9.51. The maximum atomic E-state index is 11.0. The highest BCUT2D eigenvalue weighted by Crippen LogP contribution is 2.52. The molecule has 0 spiro atoms. The van der Waals surface area contributed by atoms with Gasteiger partial charge in [-0.3, -0.25) is 0 Å². The second-order valence-corrected chi connectivity index (χ2v) is 7.92. The molecule has 2 saturated carbocycles. The van der Waals surface area contributed by atoms with E-state index in [9.17, 15) is 5.11 Å². The Kier molecular flexibility index (Phi) is 3.81. The lowest BCUT2D eigenvalue weighted by Gasteiger charge is -2.52. The van der Waals surface area contributed by atoms with Gasteiger partial charge in [-0.05, 0) is 50.4 Å². The third kappa shape index (κ3) is 2.60. The summed E-state index contributed by atoms with van der Waals surface area (Å²) in [5.74, 6) is 0.748. The van der Waals surface area contributed by atoms with E-state index in [1.807, 2.05) is 0 Å². The minimum Gasteiger partial charge on any atom is -0.390 e. The Hall–Kier alpha value is -0.0800. The Morgan fingerprint density at radius 3 is 2.11 bits per heavy atom. The van der Waals surface area contributed by atoms with Crippen LogP contribution in [0, 0.1) is 16.7 Å². The maximum Gasteiger partial charge on any atom is 0.0690 e. The fourth-order valence-corrected chi connectivity index (χ4v) is 3.84. The molecule has 0 saturated heterocycles. The molecule has 2 aliphatic carbocycles. The van der Waals surface area contributed by atoms with Crippen molar-refractivity contribution in [1.29, 1.82) is 0 Å². The normalized spacial score (nSPS) is 30.5. The van der Waals surface area contributed by atoms with Crippen molar-refractivity contribution in [2.45, 2.75) is 77.7 Å². The van der Waals surface area contributed by atoms with Crippen LogP contribution in [0.3, 0.4) is 0 Å². The van der Waals surface area contributed by atoms with Crippen molar-refractivity contribution in [1.82, 2.24) is 0 Å². The van der Waals surface area contributed by atoms with Crippen LogP contribution in [-0.4, -0.2) is 17.3 Å². The van der Waals surface area contributed by atoms with Gasteiger partial charge in [0.2, 0.25) is 0 Å². The maximum absolute atomic E-state index is 11.0. The molecule has 0 aromatic carbocycles. The summed E-state index contributed by atoms with van der Waals surface area (Å²) in [5.41, 5.74) is 5.93. The van der Waals surface area contributed by atoms with E-state index in [4.69, 9.17) is 5.73 Å². The van der Waals surface area contributed by atoms with E-state index in [0.717, 1.165) is 25.2 Å². The summed E-state index contributed by atoms with van der Waals surface area (Å²) in [5, 5.41) is 11.0. The largest absolute Gasteiger partial charge is 0.390 e. The van der Waals surface area contributed by atoms with Crippen molar-refractivity contribution >= 4 is 0 Å². The van der Waals surface area contributed by atoms with Crippen LogP contribution in [0.1, 0.15) is 72.1 Å². The van der Waals surface area contributed by atoms with Crippen LogP contribution in [0.25, 0.3) is 0 Å². The van der Waals surface area contributed by atoms with E-state index < -0.39 is 5.60 Å². The minimum atomic E-state index is -0.566. The highest BCUT2D eigenvalue weighted by molar-refractivity contribution is 5.02. The van der Waals surface area contributed by atoms with Gasteiger partial charge in [-0.1, -0.05) is 33.1 Å². The Morgan fingerprint density at radius 1 is 1.17 bits per heavy atom. The molecular weight excluding hydrogens is 222 g/mol. The lowest BCUT2D eigenvalue weighted by molar-refractivity contribution is -0.117. The van der Waals surface area contributed by atoms with Gasteiger partial charge in [0.1, 0.15) is 0 Å². The third-order valence-electron chi connectivity index (χ3n) is 6.00. The van der Waals surface area contributed by atoms with Crippen LogP contribution in [0.15, 0.2) is 0 Å². The Bertz CT molecular complexity index is 281. The average molecular weight is 253 g/mol. The zero-order valence-corrected chi connectivity index (χ0v) is 12.5. The first-order valence-corrected chi connectivity index (χ1v) is 7.73. The molecular formula is C16H31NO. The lowest BCUT2D eigenvalue weighted by Crippen LogP contribution is -2.54. The van der Waals surface area contributed by atoms with Crippen molar-refractivity contribution in [3.63, 3.8) is 0 Å². The Balaban J connectivity index is 2.06. The van der Waals surface area contributed by atoms with Gasteiger partial charge in [-0.15, -0.1) is 0 Å². The number of hydrogen-bond acceptors (Lipinski definition) is 2. The van der Waals surface area contributed by atoms with Gasteiger partial charge < -0.3 is 10.8 Å². The van der Waals surface area contributed by atoms with Crippen molar-refractivity contribution in [3.8, 4) is 0 Å². The quantitative estimate of drug-likeness (QED) is 0.806. The molecule has 0 heterocycles. The molecule has 0 radical (unpaired) electrons. The molecule has 0 aromatic heterocycles. The third-order valence-corrected chi connectivity index (χ3v) is 6.00. The zero-order chi connectivity index (χ0) is 13.4. The molecule has 0 amide bonds. The Morgan fingerprint density at radius 2 is 1.72 bits per heavy atom. The van der Waals surface area contributed by atoms with Gasteiger partial charge >= 0.3 is 0 Å². The monoisotopic (exact) mass is 253 g/mol. The topological polar surface area (TPSA) is 46.2 Å². The Labute approximate surface area is 112 Å². The first-order chi connectivity index (χ1) is 8.30. The van der Waals surface area contributed by atoms with Gasteiger partial charge in [0.05, 0.1) is 5.60 Å². The first kappa shape index (κ1) is 14.3. The summed E-state index contributed by atoms with van der Waals surface area (Å²) in [4.78, 5) is 0.